The summed E-state index contributed by atoms with van der Waals surface area (Å²) in [6, 6.07) is 13.7. The first-order valence-electron chi connectivity index (χ1n) is 10.5. The van der Waals surface area contributed by atoms with E-state index < -0.39 is 10.5 Å². The van der Waals surface area contributed by atoms with E-state index in [0.717, 1.165) is 5.56 Å². The number of aliphatic hydroxyl groups is 1. The van der Waals surface area contributed by atoms with Gasteiger partial charge in [0.25, 0.3) is 11.2 Å². The molecule has 1 amide bonds. The molecule has 9 heteroatoms. The second-order valence-corrected chi connectivity index (χ2v) is 8.23. The monoisotopic (exact) mass is 436 g/mol. The molecule has 1 N–H and O–H groups in total. The third-order valence-corrected chi connectivity index (χ3v) is 6.00. The topological polar surface area (TPSA) is 119 Å². The predicted octanol–water partition coefficient (Wildman–Crippen LogP) is 2.29. The molecular weight excluding hydrogens is 412 g/mol. The number of piperidine rings is 1. The third-order valence-electron chi connectivity index (χ3n) is 6.00. The molecule has 4 rings (SSSR count). The van der Waals surface area contributed by atoms with Crippen LogP contribution < -0.4 is 5.56 Å². The summed E-state index contributed by atoms with van der Waals surface area (Å²) in [6.45, 7) is 0.899. The molecule has 1 saturated heterocycles. The van der Waals surface area contributed by atoms with Crippen molar-refractivity contribution in [2.24, 2.45) is 0 Å². The molecule has 2 heterocycles. The van der Waals surface area contributed by atoms with Crippen LogP contribution in [-0.4, -0.2) is 49.1 Å². The van der Waals surface area contributed by atoms with Gasteiger partial charge in [-0.3, -0.25) is 24.3 Å². The molecule has 2 aromatic carbocycles. The van der Waals surface area contributed by atoms with Crippen LogP contribution in [0, 0.1) is 10.1 Å². The molecule has 1 fully saturated rings. The number of likely N-dealkylation sites (tertiary alicyclic amines) is 1. The zero-order valence-electron chi connectivity index (χ0n) is 17.5. The van der Waals surface area contributed by atoms with Gasteiger partial charge in [0.2, 0.25) is 5.91 Å². The number of fused-ring (bicyclic) bond motifs is 1. The molecule has 1 aliphatic heterocycles. The largest absolute Gasteiger partial charge is 0.388 e. The second kappa shape index (κ2) is 8.88. The lowest BCUT2D eigenvalue weighted by atomic mass is 9.91. The minimum atomic E-state index is -1.13. The average molecular weight is 436 g/mol. The first-order valence-corrected chi connectivity index (χ1v) is 10.5. The van der Waals surface area contributed by atoms with Crippen molar-refractivity contribution in [3.8, 4) is 0 Å². The molecule has 3 aromatic rings. The fraction of sp³-hybridized carbons (Fsp3) is 0.348. The van der Waals surface area contributed by atoms with Crippen molar-refractivity contribution in [3.05, 3.63) is 80.9 Å². The first kappa shape index (κ1) is 21.6. The van der Waals surface area contributed by atoms with Gasteiger partial charge >= 0.3 is 0 Å². The number of non-ortho nitro benzene ring substituents is 1. The van der Waals surface area contributed by atoms with E-state index in [1.54, 1.807) is 4.90 Å². The van der Waals surface area contributed by atoms with Crippen LogP contribution in [0.4, 0.5) is 5.69 Å². The number of nitro groups is 1. The SMILES string of the molecule is O=C(CCc1ccccc1)N1CCC(O)(Cn2cnc3cc([N+](=O)[O-])ccc3c2=O)CC1. The molecule has 0 bridgehead atoms. The Bertz CT molecular complexity index is 1200. The van der Waals surface area contributed by atoms with Crippen LogP contribution >= 0.6 is 0 Å². The first-order chi connectivity index (χ1) is 15.3. The highest BCUT2D eigenvalue weighted by atomic mass is 16.6. The summed E-state index contributed by atoms with van der Waals surface area (Å²) in [5.41, 5.74) is -0.269. The van der Waals surface area contributed by atoms with Crippen LogP contribution in [-0.2, 0) is 17.8 Å². The standard InChI is InChI=1S/C23H24N4O5/c28-21(9-6-17-4-2-1-3-5-17)25-12-10-23(30,11-13-25)15-26-16-24-20-14-18(27(31)32)7-8-19(20)22(26)29/h1-5,7-8,14,16,30H,6,9-13,15H2. The van der Waals surface area contributed by atoms with Crippen molar-refractivity contribution < 1.29 is 14.8 Å². The van der Waals surface area contributed by atoms with E-state index in [-0.39, 0.29) is 34.6 Å². The molecule has 0 spiro atoms. The smallest absolute Gasteiger partial charge is 0.271 e. The van der Waals surface area contributed by atoms with Crippen LogP contribution in [0.15, 0.2) is 59.7 Å². The zero-order valence-corrected chi connectivity index (χ0v) is 17.5. The number of hydrogen-bond acceptors (Lipinski definition) is 6. The number of nitro benzene ring substituents is 1. The van der Waals surface area contributed by atoms with E-state index in [4.69, 9.17) is 0 Å². The molecular formula is C23H24N4O5. The van der Waals surface area contributed by atoms with Crippen molar-refractivity contribution in [3.63, 3.8) is 0 Å². The summed E-state index contributed by atoms with van der Waals surface area (Å²) in [5.74, 6) is 0.0574. The lowest BCUT2D eigenvalue weighted by Gasteiger charge is -2.38. The normalized spacial score (nSPS) is 15.6. The van der Waals surface area contributed by atoms with Crippen LogP contribution in [0.2, 0.25) is 0 Å². The molecule has 32 heavy (non-hydrogen) atoms. The van der Waals surface area contributed by atoms with Gasteiger partial charge in [-0.25, -0.2) is 4.98 Å². The Kier molecular flexibility index (Phi) is 6.00. The number of aromatic nitrogens is 2. The van der Waals surface area contributed by atoms with Gasteiger partial charge in [-0.1, -0.05) is 30.3 Å². The number of carbonyl (C=O) groups is 1. The fourth-order valence-corrected chi connectivity index (χ4v) is 4.07. The highest BCUT2D eigenvalue weighted by molar-refractivity contribution is 5.79. The van der Waals surface area contributed by atoms with Gasteiger partial charge in [-0.05, 0) is 30.9 Å². The number of amides is 1. The van der Waals surface area contributed by atoms with Crippen LogP contribution in [0.25, 0.3) is 10.9 Å². The number of rotatable bonds is 6. The van der Waals surface area contributed by atoms with Crippen LogP contribution in [0.1, 0.15) is 24.8 Å². The Morgan fingerprint density at radius 3 is 2.56 bits per heavy atom. The lowest BCUT2D eigenvalue weighted by molar-refractivity contribution is -0.384. The average Bonchev–Trinajstić information content (AvgIpc) is 2.80. The Morgan fingerprint density at radius 1 is 1.16 bits per heavy atom. The van der Waals surface area contributed by atoms with Crippen molar-refractivity contribution in [2.45, 2.75) is 37.8 Å². The Morgan fingerprint density at radius 2 is 1.88 bits per heavy atom. The maximum atomic E-state index is 12.8. The molecule has 0 aliphatic carbocycles. The van der Waals surface area contributed by atoms with Gasteiger partial charge in [0.1, 0.15) is 0 Å². The van der Waals surface area contributed by atoms with Crippen molar-refractivity contribution in [1.82, 2.24) is 14.5 Å². The Hall–Kier alpha value is -3.59. The van der Waals surface area contributed by atoms with E-state index in [0.29, 0.717) is 38.8 Å². The molecule has 0 atom stereocenters. The minimum Gasteiger partial charge on any atom is -0.388 e. The maximum Gasteiger partial charge on any atom is 0.271 e. The highest BCUT2D eigenvalue weighted by Crippen LogP contribution is 2.25. The van der Waals surface area contributed by atoms with Crippen molar-refractivity contribution in [2.75, 3.05) is 13.1 Å². The van der Waals surface area contributed by atoms with E-state index in [2.05, 4.69) is 4.98 Å². The Balaban J connectivity index is 1.39. The minimum absolute atomic E-state index is 0.0534. The number of carbonyl (C=O) groups excluding carboxylic acids is 1. The van der Waals surface area contributed by atoms with Crippen molar-refractivity contribution >= 4 is 22.5 Å². The van der Waals surface area contributed by atoms with Gasteiger partial charge in [0, 0.05) is 31.6 Å². The number of hydrogen-bond donors (Lipinski definition) is 1. The van der Waals surface area contributed by atoms with E-state index in [1.165, 1.54) is 29.1 Å². The number of nitrogens with zero attached hydrogens (tertiary/aromatic N) is 4. The molecule has 0 unspecified atom stereocenters. The lowest BCUT2D eigenvalue weighted by Crippen LogP contribution is -2.49. The fourth-order valence-electron chi connectivity index (χ4n) is 4.07. The van der Waals surface area contributed by atoms with Gasteiger partial charge in [0.05, 0.1) is 34.3 Å². The molecule has 9 nitrogen and oxygen atoms in total. The van der Waals surface area contributed by atoms with E-state index >= 15 is 0 Å². The summed E-state index contributed by atoms with van der Waals surface area (Å²) in [7, 11) is 0. The molecule has 0 radical (unpaired) electrons. The summed E-state index contributed by atoms with van der Waals surface area (Å²) in [4.78, 5) is 41.7. The Labute approximate surface area is 184 Å². The molecule has 0 saturated carbocycles. The third kappa shape index (κ3) is 4.67. The van der Waals surface area contributed by atoms with Gasteiger partial charge in [-0.15, -0.1) is 0 Å². The molecule has 166 valence electrons. The van der Waals surface area contributed by atoms with Gasteiger partial charge in [-0.2, -0.15) is 0 Å². The quantitative estimate of drug-likeness (QED) is 0.468. The van der Waals surface area contributed by atoms with E-state index in [1.807, 2.05) is 30.3 Å². The van der Waals surface area contributed by atoms with Crippen LogP contribution in [0.3, 0.4) is 0 Å². The van der Waals surface area contributed by atoms with Crippen molar-refractivity contribution in [1.29, 1.82) is 0 Å². The number of benzene rings is 2. The highest BCUT2D eigenvalue weighted by Gasteiger charge is 2.34. The second-order valence-electron chi connectivity index (χ2n) is 8.23. The molecule has 1 aromatic heterocycles. The summed E-state index contributed by atoms with van der Waals surface area (Å²) >= 11 is 0. The summed E-state index contributed by atoms with van der Waals surface area (Å²) in [5, 5.41) is 22.2. The van der Waals surface area contributed by atoms with Gasteiger partial charge < -0.3 is 10.0 Å². The van der Waals surface area contributed by atoms with Crippen LogP contribution in [0.5, 0.6) is 0 Å². The summed E-state index contributed by atoms with van der Waals surface area (Å²) < 4.78 is 1.33. The van der Waals surface area contributed by atoms with E-state index in [9.17, 15) is 24.8 Å². The zero-order chi connectivity index (χ0) is 22.7. The maximum absolute atomic E-state index is 12.8. The van der Waals surface area contributed by atoms with Gasteiger partial charge in [0.15, 0.2) is 0 Å². The predicted molar refractivity (Wildman–Crippen MR) is 118 cm³/mol. The summed E-state index contributed by atoms with van der Waals surface area (Å²) in [6.07, 6.45) is 3.12. The molecule has 1 aliphatic rings. The number of aryl methyl sites for hydroxylation is 1.